The summed E-state index contributed by atoms with van der Waals surface area (Å²) in [6, 6.07) is 6.81. The summed E-state index contributed by atoms with van der Waals surface area (Å²) < 4.78 is 5.07. The Kier molecular flexibility index (Phi) is 3.36. The number of rotatable bonds is 2. The van der Waals surface area contributed by atoms with Crippen molar-refractivity contribution in [1.29, 1.82) is 0 Å². The Labute approximate surface area is 128 Å². The van der Waals surface area contributed by atoms with Gasteiger partial charge in [0, 0.05) is 17.3 Å². The van der Waals surface area contributed by atoms with E-state index in [1.54, 1.807) is 12.1 Å². The number of aromatic hydroxyl groups is 1. The zero-order chi connectivity index (χ0) is 15.9. The fourth-order valence-corrected chi connectivity index (χ4v) is 2.65. The van der Waals surface area contributed by atoms with Crippen molar-refractivity contribution in [1.82, 2.24) is 10.3 Å². The molecule has 1 aromatic carbocycles. The van der Waals surface area contributed by atoms with Gasteiger partial charge < -0.3 is 20.5 Å². The number of benzene rings is 1. The number of amides is 1. The average Bonchev–Trinajstić information content (AvgIpc) is 2.45. The molecule has 0 radical (unpaired) electrons. The van der Waals surface area contributed by atoms with Gasteiger partial charge in [-0.3, -0.25) is 4.79 Å². The third-order valence-corrected chi connectivity index (χ3v) is 3.68. The Morgan fingerprint density at radius 2 is 2.00 bits per heavy atom. The molecule has 1 aliphatic rings. The third kappa shape index (κ3) is 2.32. The summed E-state index contributed by atoms with van der Waals surface area (Å²) in [5.41, 5.74) is 2.79. The molecule has 1 atom stereocenters. The highest BCUT2D eigenvalue weighted by Crippen LogP contribution is 2.33. The molecule has 0 spiro atoms. The number of phenolic OH excluding ortho intramolecular Hbond substituents is 1. The van der Waals surface area contributed by atoms with Crippen LogP contribution >= 0.6 is 0 Å². The third-order valence-electron chi connectivity index (χ3n) is 3.68. The van der Waals surface area contributed by atoms with Gasteiger partial charge in [-0.15, -0.1) is 0 Å². The highest BCUT2D eigenvalue weighted by molar-refractivity contribution is 6.02. The number of fused-ring (bicyclic) bond motifs is 1. The van der Waals surface area contributed by atoms with E-state index in [4.69, 9.17) is 4.74 Å². The van der Waals surface area contributed by atoms with Gasteiger partial charge >= 0.3 is 0 Å². The van der Waals surface area contributed by atoms with E-state index in [1.165, 1.54) is 13.2 Å². The van der Waals surface area contributed by atoms with E-state index in [-0.39, 0.29) is 11.7 Å². The number of hydrogen-bond donors (Lipinski definition) is 3. The first kappa shape index (κ1) is 14.2. The van der Waals surface area contributed by atoms with E-state index in [2.05, 4.69) is 15.6 Å². The first-order valence-electron chi connectivity index (χ1n) is 6.92. The van der Waals surface area contributed by atoms with E-state index < -0.39 is 6.17 Å². The summed E-state index contributed by atoms with van der Waals surface area (Å²) in [7, 11) is 1.53. The lowest BCUT2D eigenvalue weighted by Gasteiger charge is -2.29. The lowest BCUT2D eigenvalue weighted by atomic mass is 10.0. The molecule has 0 fully saturated rings. The van der Waals surface area contributed by atoms with Gasteiger partial charge in [0.05, 0.1) is 12.7 Å². The summed E-state index contributed by atoms with van der Waals surface area (Å²) in [6.45, 7) is 3.75. The van der Waals surface area contributed by atoms with Crippen LogP contribution in [0.25, 0.3) is 0 Å². The first-order valence-corrected chi connectivity index (χ1v) is 6.92. The number of methoxy groups -OCH3 is 1. The van der Waals surface area contributed by atoms with E-state index >= 15 is 0 Å². The molecular weight excluding hydrogens is 282 g/mol. The van der Waals surface area contributed by atoms with Crippen molar-refractivity contribution in [3.05, 3.63) is 46.6 Å². The molecule has 22 heavy (non-hydrogen) atoms. The zero-order valence-electron chi connectivity index (χ0n) is 12.6. The van der Waals surface area contributed by atoms with Crippen LogP contribution in [0.3, 0.4) is 0 Å². The summed E-state index contributed by atoms with van der Waals surface area (Å²) in [5.74, 6) is 0.916. The van der Waals surface area contributed by atoms with Crippen molar-refractivity contribution in [3.63, 3.8) is 0 Å². The van der Waals surface area contributed by atoms with E-state index in [0.717, 1.165) is 11.3 Å². The number of ether oxygens (including phenoxy) is 1. The predicted molar refractivity (Wildman–Crippen MR) is 82.2 cm³/mol. The van der Waals surface area contributed by atoms with Crippen LogP contribution in [-0.2, 0) is 0 Å². The number of pyridine rings is 1. The quantitative estimate of drug-likeness (QED) is 0.792. The molecule has 3 rings (SSSR count). The predicted octanol–water partition coefficient (Wildman–Crippen LogP) is 2.27. The van der Waals surface area contributed by atoms with Crippen molar-refractivity contribution in [3.8, 4) is 11.5 Å². The number of nitrogens with one attached hydrogen (secondary N) is 2. The second-order valence-corrected chi connectivity index (χ2v) is 5.28. The highest BCUT2D eigenvalue weighted by Gasteiger charge is 2.28. The van der Waals surface area contributed by atoms with Gasteiger partial charge in [0.25, 0.3) is 5.91 Å². The van der Waals surface area contributed by atoms with Crippen LogP contribution in [-0.4, -0.2) is 23.1 Å². The number of carbonyl (C=O) groups is 1. The molecule has 6 heteroatoms. The first-order chi connectivity index (χ1) is 10.5. The smallest absolute Gasteiger partial charge is 0.257 e. The number of nitrogens with zero attached hydrogens (tertiary/aromatic N) is 1. The molecule has 0 bridgehead atoms. The number of hydrogen-bond acceptors (Lipinski definition) is 5. The number of anilines is 1. The van der Waals surface area contributed by atoms with Gasteiger partial charge in [0.15, 0.2) is 0 Å². The van der Waals surface area contributed by atoms with Gasteiger partial charge in [-0.2, -0.15) is 0 Å². The average molecular weight is 299 g/mol. The van der Waals surface area contributed by atoms with Crippen LogP contribution in [0.4, 0.5) is 5.82 Å². The minimum Gasteiger partial charge on any atom is -0.507 e. The molecule has 6 nitrogen and oxygen atoms in total. The van der Waals surface area contributed by atoms with Crippen molar-refractivity contribution < 1.29 is 14.6 Å². The Bertz CT molecular complexity index is 759. The number of phenols is 1. The molecule has 1 amide bonds. The van der Waals surface area contributed by atoms with Crippen molar-refractivity contribution in [2.75, 3.05) is 12.4 Å². The maximum atomic E-state index is 12.3. The van der Waals surface area contributed by atoms with Gasteiger partial charge in [-0.05, 0) is 37.6 Å². The molecule has 0 saturated heterocycles. The van der Waals surface area contributed by atoms with Crippen LogP contribution in [0, 0.1) is 13.8 Å². The number of aryl methyl sites for hydroxylation is 2. The lowest BCUT2D eigenvalue weighted by molar-refractivity contribution is 0.0934. The molecule has 114 valence electrons. The number of carbonyl (C=O) groups excluding carboxylic acids is 1. The Hall–Kier alpha value is -2.76. The molecule has 0 saturated carbocycles. The molecule has 1 aliphatic heterocycles. The van der Waals surface area contributed by atoms with Gasteiger partial charge in [0.2, 0.25) is 0 Å². The Morgan fingerprint density at radius 3 is 2.68 bits per heavy atom. The summed E-state index contributed by atoms with van der Waals surface area (Å²) in [5, 5.41) is 16.1. The van der Waals surface area contributed by atoms with Crippen molar-refractivity contribution in [2.45, 2.75) is 20.0 Å². The standard InChI is InChI=1S/C16H17N3O3/c1-8-6-9(2)17-15-13(8)16(21)19-14(18-15)11-5-4-10(22-3)7-12(11)20/h4-7,14,20H,1-3H3,(H,17,18)(H,19,21). The second kappa shape index (κ2) is 5.22. The fraction of sp³-hybridized carbons (Fsp3) is 0.250. The van der Waals surface area contributed by atoms with Crippen LogP contribution < -0.4 is 15.4 Å². The number of aromatic nitrogens is 1. The van der Waals surface area contributed by atoms with Crippen molar-refractivity contribution >= 4 is 11.7 Å². The minimum absolute atomic E-state index is 0.0463. The lowest BCUT2D eigenvalue weighted by Crippen LogP contribution is -2.39. The summed E-state index contributed by atoms with van der Waals surface area (Å²) in [6.07, 6.45) is -0.542. The molecular formula is C16H17N3O3. The fourth-order valence-electron chi connectivity index (χ4n) is 2.65. The van der Waals surface area contributed by atoms with Crippen LogP contribution in [0.2, 0.25) is 0 Å². The van der Waals surface area contributed by atoms with Crippen LogP contribution in [0.1, 0.15) is 33.3 Å². The van der Waals surface area contributed by atoms with E-state index in [1.807, 2.05) is 19.9 Å². The van der Waals surface area contributed by atoms with Crippen LogP contribution in [0.5, 0.6) is 11.5 Å². The highest BCUT2D eigenvalue weighted by atomic mass is 16.5. The molecule has 2 heterocycles. The Morgan fingerprint density at radius 1 is 1.23 bits per heavy atom. The largest absolute Gasteiger partial charge is 0.507 e. The summed E-state index contributed by atoms with van der Waals surface area (Å²) >= 11 is 0. The second-order valence-electron chi connectivity index (χ2n) is 5.28. The van der Waals surface area contributed by atoms with Crippen molar-refractivity contribution in [2.24, 2.45) is 0 Å². The van der Waals surface area contributed by atoms with Gasteiger partial charge in [0.1, 0.15) is 23.5 Å². The molecule has 3 N–H and O–H groups in total. The zero-order valence-corrected chi connectivity index (χ0v) is 12.6. The van der Waals surface area contributed by atoms with Gasteiger partial charge in [-0.25, -0.2) is 4.98 Å². The molecule has 1 aromatic heterocycles. The monoisotopic (exact) mass is 299 g/mol. The minimum atomic E-state index is -0.542. The van der Waals surface area contributed by atoms with E-state index in [9.17, 15) is 9.90 Å². The molecule has 1 unspecified atom stereocenters. The van der Waals surface area contributed by atoms with Crippen LogP contribution in [0.15, 0.2) is 24.3 Å². The molecule has 2 aromatic rings. The van der Waals surface area contributed by atoms with E-state index in [0.29, 0.717) is 22.7 Å². The van der Waals surface area contributed by atoms with Gasteiger partial charge in [-0.1, -0.05) is 0 Å². The maximum absolute atomic E-state index is 12.3. The topological polar surface area (TPSA) is 83.5 Å². The summed E-state index contributed by atoms with van der Waals surface area (Å²) in [4.78, 5) is 16.7. The normalized spacial score (nSPS) is 16.5. The molecule has 0 aliphatic carbocycles. The SMILES string of the molecule is COc1ccc(C2NC(=O)c3c(C)cc(C)nc3N2)c(O)c1. The Balaban J connectivity index is 2.00. The maximum Gasteiger partial charge on any atom is 0.257 e.